The summed E-state index contributed by atoms with van der Waals surface area (Å²) in [4.78, 5) is 14.5. The molecular weight excluding hydrogens is 370 g/mol. The lowest BCUT2D eigenvalue weighted by Crippen LogP contribution is -2.50. The summed E-state index contributed by atoms with van der Waals surface area (Å²) >= 11 is 0. The maximum atomic E-state index is 4.86. The van der Waals surface area contributed by atoms with Crippen LogP contribution in [-0.4, -0.2) is 53.6 Å². The van der Waals surface area contributed by atoms with Gasteiger partial charge in [0.25, 0.3) is 0 Å². The Morgan fingerprint density at radius 1 is 1.07 bits per heavy atom. The van der Waals surface area contributed by atoms with Crippen molar-refractivity contribution in [1.82, 2.24) is 14.9 Å². The molecule has 3 aliphatic carbocycles. The summed E-state index contributed by atoms with van der Waals surface area (Å²) in [6.45, 7) is 10.8. The molecule has 5 nitrogen and oxygen atoms in total. The first kappa shape index (κ1) is 20.3. The minimum Gasteiger partial charge on any atom is -0.356 e. The molecule has 0 spiro atoms. The summed E-state index contributed by atoms with van der Waals surface area (Å²) in [5.74, 6) is 3.68. The minimum absolute atomic E-state index is 0.491. The average molecular weight is 410 g/mol. The van der Waals surface area contributed by atoms with Gasteiger partial charge in [-0.3, -0.25) is 4.90 Å². The lowest BCUT2D eigenvalue weighted by molar-refractivity contribution is -0.0112. The first-order chi connectivity index (χ1) is 14.6. The van der Waals surface area contributed by atoms with Gasteiger partial charge in [-0.1, -0.05) is 38.3 Å². The number of allylic oxidation sites excluding steroid dienone is 1. The number of anilines is 2. The van der Waals surface area contributed by atoms with Gasteiger partial charge in [0.05, 0.1) is 0 Å². The van der Waals surface area contributed by atoms with Gasteiger partial charge in [0.1, 0.15) is 5.82 Å². The Balaban J connectivity index is 1.12. The molecule has 2 bridgehead atoms. The summed E-state index contributed by atoms with van der Waals surface area (Å²) in [6, 6.07) is 2.56. The zero-order valence-electron chi connectivity index (χ0n) is 18.9. The standard InChI is InChI=1S/C25H39N5/c1-25(2)20-8-7-19(22(25)17-20)18-29-15-10-21(11-16-29)27-24-26-12-9-23(28-24)30-13-5-3-4-6-14-30/h7,9,12,20-22H,3-6,8,10-11,13-18H2,1-2H3,(H,26,27,28)/t20-,22-/m0/s1. The van der Waals surface area contributed by atoms with Crippen LogP contribution in [0.4, 0.5) is 11.8 Å². The van der Waals surface area contributed by atoms with Crippen LogP contribution < -0.4 is 10.2 Å². The molecule has 5 aliphatic rings. The van der Waals surface area contributed by atoms with Crippen molar-refractivity contribution in [2.24, 2.45) is 17.3 Å². The molecule has 2 saturated heterocycles. The van der Waals surface area contributed by atoms with E-state index in [0.29, 0.717) is 11.5 Å². The predicted octanol–water partition coefficient (Wildman–Crippen LogP) is 4.73. The van der Waals surface area contributed by atoms with Crippen molar-refractivity contribution >= 4 is 11.8 Å². The fourth-order valence-corrected chi connectivity index (χ4v) is 6.23. The van der Waals surface area contributed by atoms with Crippen molar-refractivity contribution in [3.05, 3.63) is 23.9 Å². The zero-order chi connectivity index (χ0) is 20.6. The molecule has 2 atom stereocenters. The molecule has 1 aromatic rings. The van der Waals surface area contributed by atoms with E-state index in [9.17, 15) is 0 Å². The predicted molar refractivity (Wildman–Crippen MR) is 124 cm³/mol. The highest BCUT2D eigenvalue weighted by atomic mass is 15.2. The number of likely N-dealkylation sites (tertiary alicyclic amines) is 1. The van der Waals surface area contributed by atoms with E-state index in [-0.39, 0.29) is 0 Å². The molecule has 6 rings (SSSR count). The average Bonchev–Trinajstić information content (AvgIpc) is 3.05. The molecule has 2 aliphatic heterocycles. The van der Waals surface area contributed by atoms with Crippen LogP contribution in [0.2, 0.25) is 0 Å². The topological polar surface area (TPSA) is 44.3 Å². The van der Waals surface area contributed by atoms with E-state index in [1.54, 1.807) is 5.57 Å². The number of rotatable bonds is 5. The smallest absolute Gasteiger partial charge is 0.224 e. The first-order valence-electron chi connectivity index (χ1n) is 12.4. The first-order valence-corrected chi connectivity index (χ1v) is 12.4. The second-order valence-corrected chi connectivity index (χ2v) is 10.7. The van der Waals surface area contributed by atoms with E-state index >= 15 is 0 Å². The van der Waals surface area contributed by atoms with Crippen molar-refractivity contribution in [2.75, 3.05) is 42.9 Å². The molecule has 3 heterocycles. The molecule has 0 unspecified atom stereocenters. The summed E-state index contributed by atoms with van der Waals surface area (Å²) < 4.78 is 0. The van der Waals surface area contributed by atoms with Crippen molar-refractivity contribution in [3.63, 3.8) is 0 Å². The minimum atomic E-state index is 0.491. The molecule has 0 amide bonds. The third-order valence-electron chi connectivity index (χ3n) is 8.48. The van der Waals surface area contributed by atoms with Crippen LogP contribution in [0.25, 0.3) is 0 Å². The Kier molecular flexibility index (Phi) is 5.74. The highest BCUT2D eigenvalue weighted by molar-refractivity contribution is 5.43. The van der Waals surface area contributed by atoms with Gasteiger partial charge in [0.15, 0.2) is 0 Å². The zero-order valence-corrected chi connectivity index (χ0v) is 18.9. The summed E-state index contributed by atoms with van der Waals surface area (Å²) in [5, 5.41) is 3.64. The SMILES string of the molecule is CC1(C)[C@H]2CC=C(CN3CCC(Nc4nccc(N5CCCCCC5)n4)CC3)[C@@H]1C2. The van der Waals surface area contributed by atoms with Crippen molar-refractivity contribution < 1.29 is 0 Å². The number of nitrogens with one attached hydrogen (secondary N) is 1. The molecule has 3 fully saturated rings. The lowest BCUT2D eigenvalue weighted by Gasteiger charge is -2.57. The Bertz CT molecular complexity index is 757. The Labute approximate surface area is 182 Å². The largest absolute Gasteiger partial charge is 0.356 e. The second kappa shape index (κ2) is 8.49. The fourth-order valence-electron chi connectivity index (χ4n) is 6.23. The van der Waals surface area contributed by atoms with E-state index in [1.807, 2.05) is 6.20 Å². The number of piperidine rings is 1. The Morgan fingerprint density at radius 2 is 1.83 bits per heavy atom. The molecule has 5 heteroatoms. The second-order valence-electron chi connectivity index (χ2n) is 10.7. The van der Waals surface area contributed by atoms with Gasteiger partial charge in [0, 0.05) is 45.0 Å². The van der Waals surface area contributed by atoms with Gasteiger partial charge in [-0.05, 0) is 61.8 Å². The lowest BCUT2D eigenvalue weighted by atomic mass is 9.49. The number of fused-ring (bicyclic) bond motifs is 1. The molecule has 164 valence electrons. The van der Waals surface area contributed by atoms with Gasteiger partial charge >= 0.3 is 0 Å². The number of nitrogens with zero attached hydrogens (tertiary/aromatic N) is 4. The van der Waals surface area contributed by atoms with Gasteiger partial charge in [0.2, 0.25) is 5.95 Å². The summed E-state index contributed by atoms with van der Waals surface area (Å²) in [5.41, 5.74) is 2.27. The fraction of sp³-hybridized carbons (Fsp3) is 0.760. The Hall–Kier alpha value is -1.62. The van der Waals surface area contributed by atoms with E-state index in [4.69, 9.17) is 4.98 Å². The van der Waals surface area contributed by atoms with Crippen molar-refractivity contribution in [1.29, 1.82) is 0 Å². The quantitative estimate of drug-likeness (QED) is 0.713. The molecule has 0 radical (unpaired) electrons. The van der Waals surface area contributed by atoms with E-state index in [2.05, 4.69) is 46.1 Å². The van der Waals surface area contributed by atoms with E-state index in [1.165, 1.54) is 71.0 Å². The normalized spacial score (nSPS) is 29.7. The molecule has 30 heavy (non-hydrogen) atoms. The van der Waals surface area contributed by atoms with Gasteiger partial charge in [-0.25, -0.2) is 4.98 Å². The van der Waals surface area contributed by atoms with Gasteiger partial charge in [-0.15, -0.1) is 0 Å². The molecule has 0 aromatic carbocycles. The van der Waals surface area contributed by atoms with Crippen LogP contribution in [0, 0.1) is 17.3 Å². The highest BCUT2D eigenvalue weighted by Gasteiger charge is 2.51. The number of aromatic nitrogens is 2. The third kappa shape index (κ3) is 4.10. The molecule has 1 aromatic heterocycles. The van der Waals surface area contributed by atoms with Crippen LogP contribution in [0.15, 0.2) is 23.9 Å². The number of hydrogen-bond donors (Lipinski definition) is 1. The van der Waals surface area contributed by atoms with Crippen LogP contribution in [0.1, 0.15) is 65.2 Å². The maximum Gasteiger partial charge on any atom is 0.224 e. The van der Waals surface area contributed by atoms with E-state index in [0.717, 1.165) is 36.7 Å². The van der Waals surface area contributed by atoms with Crippen LogP contribution >= 0.6 is 0 Å². The van der Waals surface area contributed by atoms with Crippen LogP contribution in [0.3, 0.4) is 0 Å². The third-order valence-corrected chi connectivity index (χ3v) is 8.48. The molecule has 1 saturated carbocycles. The summed E-state index contributed by atoms with van der Waals surface area (Å²) in [6.07, 6.45) is 14.8. The van der Waals surface area contributed by atoms with Gasteiger partial charge in [-0.2, -0.15) is 4.98 Å². The Morgan fingerprint density at radius 3 is 2.53 bits per heavy atom. The highest BCUT2D eigenvalue weighted by Crippen LogP contribution is 2.59. The van der Waals surface area contributed by atoms with E-state index < -0.39 is 0 Å². The monoisotopic (exact) mass is 409 g/mol. The number of hydrogen-bond acceptors (Lipinski definition) is 5. The van der Waals surface area contributed by atoms with Crippen LogP contribution in [-0.2, 0) is 0 Å². The van der Waals surface area contributed by atoms with Gasteiger partial charge < -0.3 is 10.2 Å². The summed E-state index contributed by atoms with van der Waals surface area (Å²) in [7, 11) is 0. The maximum absolute atomic E-state index is 4.86. The molecular formula is C25H39N5. The van der Waals surface area contributed by atoms with Crippen molar-refractivity contribution in [2.45, 2.75) is 71.3 Å². The van der Waals surface area contributed by atoms with Crippen molar-refractivity contribution in [3.8, 4) is 0 Å². The molecule has 1 N–H and O–H groups in total. The van der Waals surface area contributed by atoms with Crippen LogP contribution in [0.5, 0.6) is 0 Å².